The number of nitriles is 1. The summed E-state index contributed by atoms with van der Waals surface area (Å²) in [5, 5.41) is 23.3. The van der Waals surface area contributed by atoms with Crippen LogP contribution < -0.4 is 10.2 Å². The first-order chi connectivity index (χ1) is 23.4. The molecule has 2 heterocycles. The molecule has 14 nitrogen and oxygen atoms in total. The predicted octanol–water partition coefficient (Wildman–Crippen LogP) is 4.51. The highest BCUT2D eigenvalue weighted by Gasteiger charge is 2.40. The number of amides is 5. The molecule has 0 spiro atoms. The first-order valence-corrected chi connectivity index (χ1v) is 16.5. The van der Waals surface area contributed by atoms with Gasteiger partial charge in [-0.05, 0) is 109 Å². The van der Waals surface area contributed by atoms with Crippen LogP contribution in [0.3, 0.4) is 0 Å². The molecule has 2 aromatic carbocycles. The van der Waals surface area contributed by atoms with Crippen LogP contribution in [0.25, 0.3) is 0 Å². The summed E-state index contributed by atoms with van der Waals surface area (Å²) in [7, 11) is 0. The zero-order chi connectivity index (χ0) is 37.0. The number of benzene rings is 2. The molecule has 5 amide bonds. The van der Waals surface area contributed by atoms with Gasteiger partial charge in [-0.2, -0.15) is 5.26 Å². The maximum Gasteiger partial charge on any atom is 0.420 e. The number of rotatable bonds is 7. The summed E-state index contributed by atoms with van der Waals surface area (Å²) in [5.41, 5.74) is 0.172. The minimum atomic E-state index is -1.93. The van der Waals surface area contributed by atoms with E-state index in [9.17, 15) is 34.3 Å². The SMILES string of the molecule is Cc1cc(C(=O)N2CCCC2)cc(N2CCO[C@H]([C@@H](O)C(=O)Nc3ccc(C#N)c(CN(C(=O)OC(C)(C)C)C(=O)OC(C)(C)C)c3)C2=O)c1. The second kappa shape index (κ2) is 15.3. The van der Waals surface area contributed by atoms with Crippen LogP contribution in [0.1, 0.15) is 81.4 Å². The number of imide groups is 1. The third-order valence-corrected chi connectivity index (χ3v) is 7.74. The molecule has 0 aromatic heterocycles. The zero-order valence-corrected chi connectivity index (χ0v) is 29.6. The van der Waals surface area contributed by atoms with E-state index in [1.165, 1.54) is 23.1 Å². The molecule has 2 fully saturated rings. The van der Waals surface area contributed by atoms with E-state index in [0.29, 0.717) is 29.2 Å². The lowest BCUT2D eigenvalue weighted by molar-refractivity contribution is -0.150. The van der Waals surface area contributed by atoms with Crippen molar-refractivity contribution in [1.82, 2.24) is 9.80 Å². The normalized spacial score (nSPS) is 17.1. The van der Waals surface area contributed by atoms with Gasteiger partial charge in [0.05, 0.1) is 24.8 Å². The van der Waals surface area contributed by atoms with Crippen molar-refractivity contribution in [2.75, 3.05) is 36.5 Å². The zero-order valence-electron chi connectivity index (χ0n) is 29.6. The molecule has 2 aromatic rings. The minimum absolute atomic E-state index is 0.0241. The number of anilines is 2. The highest BCUT2D eigenvalue weighted by molar-refractivity contribution is 6.05. The highest BCUT2D eigenvalue weighted by Crippen LogP contribution is 2.26. The first kappa shape index (κ1) is 37.8. The van der Waals surface area contributed by atoms with Crippen LogP contribution in [-0.4, -0.2) is 94.5 Å². The number of aliphatic hydroxyl groups is 1. The predicted molar refractivity (Wildman–Crippen MR) is 182 cm³/mol. The largest absolute Gasteiger partial charge is 0.443 e. The fourth-order valence-corrected chi connectivity index (χ4v) is 5.51. The van der Waals surface area contributed by atoms with E-state index >= 15 is 0 Å². The fourth-order valence-electron chi connectivity index (χ4n) is 5.51. The van der Waals surface area contributed by atoms with Gasteiger partial charge in [-0.15, -0.1) is 0 Å². The molecule has 0 bridgehead atoms. The lowest BCUT2D eigenvalue weighted by Gasteiger charge is -2.34. The van der Waals surface area contributed by atoms with Gasteiger partial charge >= 0.3 is 12.2 Å². The number of hydrogen-bond donors (Lipinski definition) is 2. The molecular weight excluding hydrogens is 646 g/mol. The van der Waals surface area contributed by atoms with Crippen LogP contribution in [0.5, 0.6) is 0 Å². The molecule has 0 unspecified atom stereocenters. The Kier molecular flexibility index (Phi) is 11.5. The molecule has 268 valence electrons. The average molecular weight is 692 g/mol. The lowest BCUT2D eigenvalue weighted by atomic mass is 10.0. The summed E-state index contributed by atoms with van der Waals surface area (Å²) in [4.78, 5) is 70.0. The number of ether oxygens (including phenoxy) is 3. The maximum absolute atomic E-state index is 13.6. The van der Waals surface area contributed by atoms with Crippen LogP contribution in [0.2, 0.25) is 0 Å². The van der Waals surface area contributed by atoms with E-state index in [0.717, 1.165) is 18.4 Å². The molecular formula is C36H45N5O9. The Hall–Kier alpha value is -5.00. The smallest absolute Gasteiger partial charge is 0.420 e. The molecule has 4 rings (SSSR count). The van der Waals surface area contributed by atoms with E-state index < -0.39 is 54.0 Å². The topological polar surface area (TPSA) is 179 Å². The van der Waals surface area contributed by atoms with Crippen molar-refractivity contribution >= 4 is 41.3 Å². The summed E-state index contributed by atoms with van der Waals surface area (Å²) < 4.78 is 16.4. The van der Waals surface area contributed by atoms with Crippen molar-refractivity contribution in [3.8, 4) is 6.07 Å². The summed E-state index contributed by atoms with van der Waals surface area (Å²) in [5.74, 6) is -1.74. The third kappa shape index (κ3) is 9.58. The summed E-state index contributed by atoms with van der Waals surface area (Å²) in [6.07, 6.45) is -3.60. The molecule has 50 heavy (non-hydrogen) atoms. The standard InChI is InChI=1S/C36H45N5O9/c1-22-16-24(31(44)39-12-8-9-13-39)19-27(17-22)40-14-15-48-29(32(40)45)28(42)30(43)38-26-11-10-23(20-37)25(18-26)21-41(33(46)49-35(2,3)4)34(47)50-36(5,6)7/h10-11,16-19,28-29,42H,8-9,12-15,21H2,1-7H3,(H,38,43)/t28-,29-/m1/s1. The van der Waals surface area contributed by atoms with Crippen molar-refractivity contribution in [3.63, 3.8) is 0 Å². The molecule has 2 aliphatic heterocycles. The van der Waals surface area contributed by atoms with Crippen molar-refractivity contribution in [3.05, 3.63) is 58.7 Å². The Balaban J connectivity index is 1.52. The molecule has 2 saturated heterocycles. The number of aliphatic hydroxyl groups excluding tert-OH is 1. The van der Waals surface area contributed by atoms with Crippen LogP contribution in [0.15, 0.2) is 36.4 Å². The van der Waals surface area contributed by atoms with Crippen molar-refractivity contribution in [1.29, 1.82) is 5.26 Å². The third-order valence-electron chi connectivity index (χ3n) is 7.74. The molecule has 0 aliphatic carbocycles. The summed E-state index contributed by atoms with van der Waals surface area (Å²) in [6.45, 7) is 12.7. The summed E-state index contributed by atoms with van der Waals surface area (Å²) in [6, 6.07) is 11.3. The van der Waals surface area contributed by atoms with Gasteiger partial charge in [0.15, 0.2) is 12.2 Å². The quantitative estimate of drug-likeness (QED) is 0.420. The van der Waals surface area contributed by atoms with Gasteiger partial charge in [0.1, 0.15) is 11.2 Å². The number of aryl methyl sites for hydroxylation is 1. The Labute approximate surface area is 291 Å². The lowest BCUT2D eigenvalue weighted by Crippen LogP contribution is -2.55. The van der Waals surface area contributed by atoms with Crippen LogP contribution in [0, 0.1) is 18.3 Å². The van der Waals surface area contributed by atoms with Gasteiger partial charge in [0, 0.05) is 36.6 Å². The second-order valence-electron chi connectivity index (χ2n) is 14.3. The van der Waals surface area contributed by atoms with Crippen LogP contribution in [0.4, 0.5) is 21.0 Å². The van der Waals surface area contributed by atoms with Gasteiger partial charge in [0.25, 0.3) is 17.7 Å². The number of likely N-dealkylation sites (tertiary alicyclic amines) is 1. The number of morpholine rings is 1. The van der Waals surface area contributed by atoms with Crippen LogP contribution >= 0.6 is 0 Å². The molecule has 0 saturated carbocycles. The number of nitrogens with zero attached hydrogens (tertiary/aromatic N) is 4. The number of carbonyl (C=O) groups is 5. The molecule has 2 aliphatic rings. The van der Waals surface area contributed by atoms with E-state index in [2.05, 4.69) is 5.32 Å². The number of carbonyl (C=O) groups excluding carboxylic acids is 5. The molecule has 14 heteroatoms. The number of hydrogen-bond acceptors (Lipinski definition) is 10. The van der Waals surface area contributed by atoms with Crippen molar-refractivity contribution in [2.45, 2.75) is 91.3 Å². The Morgan fingerprint density at radius 2 is 1.62 bits per heavy atom. The van der Waals surface area contributed by atoms with Crippen molar-refractivity contribution < 1.29 is 43.3 Å². The second-order valence-corrected chi connectivity index (χ2v) is 14.3. The fraction of sp³-hybridized carbons (Fsp3) is 0.500. The molecule has 2 atom stereocenters. The first-order valence-electron chi connectivity index (χ1n) is 16.5. The number of nitrogens with one attached hydrogen (secondary N) is 1. The molecule has 2 N–H and O–H groups in total. The Morgan fingerprint density at radius 1 is 1.00 bits per heavy atom. The van der Waals surface area contributed by atoms with Gasteiger partial charge in [0.2, 0.25) is 0 Å². The van der Waals surface area contributed by atoms with E-state index in [1.54, 1.807) is 64.6 Å². The van der Waals surface area contributed by atoms with E-state index in [-0.39, 0.29) is 35.9 Å². The monoisotopic (exact) mass is 691 g/mol. The average Bonchev–Trinajstić information content (AvgIpc) is 3.56. The van der Waals surface area contributed by atoms with Crippen LogP contribution in [-0.2, 0) is 30.3 Å². The van der Waals surface area contributed by atoms with Gasteiger partial charge in [-0.1, -0.05) is 0 Å². The van der Waals surface area contributed by atoms with Crippen molar-refractivity contribution in [2.24, 2.45) is 0 Å². The maximum atomic E-state index is 13.6. The van der Waals surface area contributed by atoms with Gasteiger partial charge < -0.3 is 34.4 Å². The van der Waals surface area contributed by atoms with E-state index in [1.807, 2.05) is 13.0 Å². The summed E-state index contributed by atoms with van der Waals surface area (Å²) >= 11 is 0. The van der Waals surface area contributed by atoms with Gasteiger partial charge in [-0.3, -0.25) is 14.4 Å². The minimum Gasteiger partial charge on any atom is -0.443 e. The van der Waals surface area contributed by atoms with E-state index in [4.69, 9.17) is 14.2 Å². The molecule has 0 radical (unpaired) electrons. The Morgan fingerprint density at radius 3 is 2.20 bits per heavy atom. The van der Waals surface area contributed by atoms with Gasteiger partial charge in [-0.25, -0.2) is 14.5 Å². The Bertz CT molecular complexity index is 1650. The highest BCUT2D eigenvalue weighted by atomic mass is 16.6.